The maximum absolute atomic E-state index is 13.6. The summed E-state index contributed by atoms with van der Waals surface area (Å²) in [4.78, 5) is 12.9. The van der Waals surface area contributed by atoms with Gasteiger partial charge >= 0.3 is 0 Å². The fourth-order valence-corrected chi connectivity index (χ4v) is 5.03. The van der Waals surface area contributed by atoms with E-state index in [1.807, 2.05) is 74.5 Å². The minimum atomic E-state index is -4.01. The molecule has 0 saturated carbocycles. The summed E-state index contributed by atoms with van der Waals surface area (Å²) in [6.07, 6.45) is 0. The lowest BCUT2D eigenvalue weighted by Gasteiger charge is -2.24. The number of amides is 1. The number of carbonyl (C=O) groups is 1. The molecule has 0 spiro atoms. The number of sulfonamides is 1. The monoisotopic (exact) mass is 452 g/mol. The molecule has 1 atom stereocenters. The van der Waals surface area contributed by atoms with Crippen LogP contribution < -0.4 is 10.1 Å². The molecule has 3 rings (SSSR count). The van der Waals surface area contributed by atoms with E-state index in [1.165, 1.54) is 11.4 Å². The van der Waals surface area contributed by atoms with Gasteiger partial charge in [-0.15, -0.1) is 0 Å². The van der Waals surface area contributed by atoms with Gasteiger partial charge in [-0.2, -0.15) is 4.31 Å². The van der Waals surface area contributed by atoms with E-state index in [9.17, 15) is 13.2 Å². The van der Waals surface area contributed by atoms with Crippen molar-refractivity contribution in [3.8, 4) is 5.75 Å². The van der Waals surface area contributed by atoms with Crippen molar-refractivity contribution in [2.24, 2.45) is 0 Å². The Hall–Kier alpha value is -3.16. The molecule has 0 bridgehead atoms. The Bertz CT molecular complexity index is 1150. The van der Waals surface area contributed by atoms with E-state index in [1.54, 1.807) is 18.2 Å². The van der Waals surface area contributed by atoms with E-state index in [-0.39, 0.29) is 35.7 Å². The molecule has 0 saturated heterocycles. The molecule has 3 aromatic rings. The molecule has 32 heavy (non-hydrogen) atoms. The molecule has 0 aliphatic carbocycles. The lowest BCUT2D eigenvalue weighted by atomic mass is 10.1. The first kappa shape index (κ1) is 23.5. The van der Waals surface area contributed by atoms with E-state index in [0.717, 1.165) is 16.7 Å². The maximum atomic E-state index is 13.6. The molecule has 0 radical (unpaired) electrons. The molecule has 0 fully saturated rings. The third-order valence-electron chi connectivity index (χ3n) is 5.14. The van der Waals surface area contributed by atoms with Crippen molar-refractivity contribution in [2.45, 2.75) is 31.3 Å². The second-order valence-electron chi connectivity index (χ2n) is 7.61. The van der Waals surface area contributed by atoms with Gasteiger partial charge in [0, 0.05) is 6.54 Å². The number of hydrogen-bond acceptors (Lipinski definition) is 4. The first-order chi connectivity index (χ1) is 15.3. The summed E-state index contributed by atoms with van der Waals surface area (Å²) in [7, 11) is -2.58. The highest BCUT2D eigenvalue weighted by molar-refractivity contribution is 7.89. The van der Waals surface area contributed by atoms with Crippen LogP contribution in [-0.2, 0) is 21.4 Å². The third-order valence-corrected chi connectivity index (χ3v) is 6.95. The van der Waals surface area contributed by atoms with Gasteiger partial charge < -0.3 is 10.1 Å². The fraction of sp³-hybridized carbons (Fsp3) is 0.240. The Morgan fingerprint density at radius 3 is 2.25 bits per heavy atom. The molecular weight excluding hydrogens is 424 g/mol. The summed E-state index contributed by atoms with van der Waals surface area (Å²) in [6.45, 7) is 3.43. The first-order valence-electron chi connectivity index (χ1n) is 10.3. The lowest BCUT2D eigenvalue weighted by molar-refractivity contribution is -0.122. The molecule has 0 aromatic heterocycles. The predicted octanol–water partition coefficient (Wildman–Crippen LogP) is 4.07. The molecule has 168 valence electrons. The minimum Gasteiger partial charge on any atom is -0.495 e. The SMILES string of the molecule is COc1ccc(C)cc1S(=O)(=O)N(CC(=O)N[C@H](C)c1ccccc1)Cc1ccccc1. The zero-order valence-corrected chi connectivity index (χ0v) is 19.3. The molecule has 3 aromatic carbocycles. The van der Waals surface area contributed by atoms with Crippen LogP contribution >= 0.6 is 0 Å². The number of nitrogens with one attached hydrogen (secondary N) is 1. The van der Waals surface area contributed by atoms with Crippen LogP contribution in [0.1, 0.15) is 29.7 Å². The number of ether oxygens (including phenoxy) is 1. The van der Waals surface area contributed by atoms with Crippen molar-refractivity contribution in [1.29, 1.82) is 0 Å². The molecule has 1 amide bonds. The van der Waals surface area contributed by atoms with Crippen LogP contribution in [0.5, 0.6) is 5.75 Å². The predicted molar refractivity (Wildman–Crippen MR) is 125 cm³/mol. The number of nitrogens with zero attached hydrogens (tertiary/aromatic N) is 1. The molecule has 1 N–H and O–H groups in total. The van der Waals surface area contributed by atoms with Gasteiger partial charge in [-0.25, -0.2) is 8.42 Å². The quantitative estimate of drug-likeness (QED) is 0.531. The number of carbonyl (C=O) groups excluding carboxylic acids is 1. The van der Waals surface area contributed by atoms with E-state index in [0.29, 0.717) is 0 Å². The van der Waals surface area contributed by atoms with E-state index in [4.69, 9.17) is 4.74 Å². The smallest absolute Gasteiger partial charge is 0.247 e. The van der Waals surface area contributed by atoms with Gasteiger partial charge in [0.05, 0.1) is 19.7 Å². The van der Waals surface area contributed by atoms with Crippen LogP contribution in [0, 0.1) is 6.92 Å². The Labute approximate surface area is 189 Å². The van der Waals surface area contributed by atoms with Crippen LogP contribution in [-0.4, -0.2) is 32.3 Å². The van der Waals surface area contributed by atoms with Crippen molar-refractivity contribution in [3.63, 3.8) is 0 Å². The van der Waals surface area contributed by atoms with E-state index < -0.39 is 10.0 Å². The van der Waals surface area contributed by atoms with Crippen LogP contribution in [0.25, 0.3) is 0 Å². The Kier molecular flexibility index (Phi) is 7.66. The highest BCUT2D eigenvalue weighted by atomic mass is 32.2. The Morgan fingerprint density at radius 2 is 1.62 bits per heavy atom. The molecule has 7 heteroatoms. The lowest BCUT2D eigenvalue weighted by Crippen LogP contribution is -2.41. The highest BCUT2D eigenvalue weighted by Gasteiger charge is 2.30. The highest BCUT2D eigenvalue weighted by Crippen LogP contribution is 2.28. The van der Waals surface area contributed by atoms with Crippen LogP contribution in [0.2, 0.25) is 0 Å². The topological polar surface area (TPSA) is 75.7 Å². The van der Waals surface area contributed by atoms with Crippen molar-refractivity contribution in [1.82, 2.24) is 9.62 Å². The van der Waals surface area contributed by atoms with Gasteiger partial charge in [-0.05, 0) is 42.7 Å². The molecule has 0 unspecified atom stereocenters. The summed E-state index contributed by atoms with van der Waals surface area (Å²) in [5, 5.41) is 2.90. The van der Waals surface area contributed by atoms with Crippen LogP contribution in [0.3, 0.4) is 0 Å². The molecule has 0 aliphatic heterocycles. The summed E-state index contributed by atoms with van der Waals surface area (Å²) < 4.78 is 33.7. The van der Waals surface area contributed by atoms with Gasteiger partial charge in [-0.1, -0.05) is 66.7 Å². The van der Waals surface area contributed by atoms with Gasteiger partial charge in [-0.3, -0.25) is 4.79 Å². The second-order valence-corrected chi connectivity index (χ2v) is 9.52. The maximum Gasteiger partial charge on any atom is 0.247 e. The van der Waals surface area contributed by atoms with E-state index in [2.05, 4.69) is 5.32 Å². The summed E-state index contributed by atoms with van der Waals surface area (Å²) in [5.41, 5.74) is 2.51. The number of benzene rings is 3. The van der Waals surface area contributed by atoms with Crippen molar-refractivity contribution < 1.29 is 17.9 Å². The van der Waals surface area contributed by atoms with Crippen molar-refractivity contribution >= 4 is 15.9 Å². The zero-order chi connectivity index (χ0) is 23.1. The summed E-state index contributed by atoms with van der Waals surface area (Å²) >= 11 is 0. The van der Waals surface area contributed by atoms with Crippen LogP contribution in [0.4, 0.5) is 0 Å². The van der Waals surface area contributed by atoms with Crippen molar-refractivity contribution in [3.05, 3.63) is 95.6 Å². The van der Waals surface area contributed by atoms with Gasteiger partial charge in [0.1, 0.15) is 10.6 Å². The largest absolute Gasteiger partial charge is 0.495 e. The third kappa shape index (κ3) is 5.75. The van der Waals surface area contributed by atoms with Crippen molar-refractivity contribution in [2.75, 3.05) is 13.7 Å². The van der Waals surface area contributed by atoms with Gasteiger partial charge in [0.15, 0.2) is 0 Å². The summed E-state index contributed by atoms with van der Waals surface area (Å²) in [6, 6.07) is 23.5. The first-order valence-corrected chi connectivity index (χ1v) is 11.8. The summed E-state index contributed by atoms with van der Waals surface area (Å²) in [5.74, 6) is -0.140. The zero-order valence-electron chi connectivity index (χ0n) is 18.5. The molecule has 6 nitrogen and oxygen atoms in total. The fourth-order valence-electron chi connectivity index (χ4n) is 3.41. The standard InChI is InChI=1S/C25H28N2O4S/c1-19-14-15-23(31-3)24(16-19)32(29,30)27(17-21-10-6-4-7-11-21)18-25(28)26-20(2)22-12-8-5-9-13-22/h4-16,20H,17-18H2,1-3H3,(H,26,28)/t20-/m1/s1. The van der Waals surface area contributed by atoms with Crippen LogP contribution in [0.15, 0.2) is 83.8 Å². The van der Waals surface area contributed by atoms with Gasteiger partial charge in [0.25, 0.3) is 0 Å². The average Bonchev–Trinajstić information content (AvgIpc) is 2.79. The molecule has 0 heterocycles. The number of methoxy groups -OCH3 is 1. The van der Waals surface area contributed by atoms with E-state index >= 15 is 0 Å². The number of hydrogen-bond donors (Lipinski definition) is 1. The number of aryl methyl sites for hydroxylation is 1. The average molecular weight is 453 g/mol. The van der Waals surface area contributed by atoms with Gasteiger partial charge in [0.2, 0.25) is 15.9 Å². The Morgan fingerprint density at radius 1 is 1.00 bits per heavy atom. The Balaban J connectivity index is 1.90. The number of rotatable bonds is 9. The molecular formula is C25H28N2O4S. The molecule has 0 aliphatic rings. The minimum absolute atomic E-state index is 0.0415. The second kappa shape index (κ2) is 10.4. The normalized spacial score (nSPS) is 12.4.